The lowest BCUT2D eigenvalue weighted by Gasteiger charge is -2.21. The maximum absolute atomic E-state index is 10.9. The summed E-state index contributed by atoms with van der Waals surface area (Å²) < 4.78 is 0. The number of hydrogen-bond acceptors (Lipinski definition) is 1. The van der Waals surface area contributed by atoms with E-state index in [1.165, 1.54) is 0 Å². The van der Waals surface area contributed by atoms with Crippen molar-refractivity contribution in [3.63, 3.8) is 0 Å². The quantitative estimate of drug-likeness (QED) is 0.404. The second-order valence-electron chi connectivity index (χ2n) is 4.33. The molecule has 0 N–H and O–H groups in total. The van der Waals surface area contributed by atoms with Crippen LogP contribution < -0.4 is 0 Å². The molecule has 0 atom stereocenters. The van der Waals surface area contributed by atoms with Gasteiger partial charge in [0.15, 0.2) is 0 Å². The third kappa shape index (κ3) is 3.48. The van der Waals surface area contributed by atoms with Crippen LogP contribution in [-0.4, -0.2) is 11.1 Å². The molecule has 0 saturated carbocycles. The SMILES string of the molecule is CC(C)(C)C(=NC(=O)Cl)c1ccccc1. The Kier molecular flexibility index (Phi) is 3.64. The molecule has 0 saturated heterocycles. The maximum atomic E-state index is 10.9. The first-order chi connectivity index (χ1) is 6.91. The smallest absolute Gasteiger partial charge is 0.253 e. The van der Waals surface area contributed by atoms with Crippen molar-refractivity contribution in [1.82, 2.24) is 0 Å². The van der Waals surface area contributed by atoms with Crippen LogP contribution in [0.15, 0.2) is 35.3 Å². The average molecular weight is 224 g/mol. The fraction of sp³-hybridized carbons (Fsp3) is 0.333. The van der Waals surface area contributed by atoms with Gasteiger partial charge in [0.25, 0.3) is 0 Å². The molecule has 0 aliphatic carbocycles. The minimum Gasteiger partial charge on any atom is -0.253 e. The van der Waals surface area contributed by atoms with Gasteiger partial charge in [-0.3, -0.25) is 4.79 Å². The molecule has 80 valence electrons. The average Bonchev–Trinajstić information content (AvgIpc) is 2.14. The van der Waals surface area contributed by atoms with E-state index in [-0.39, 0.29) is 5.41 Å². The molecule has 1 aromatic carbocycles. The topological polar surface area (TPSA) is 29.4 Å². The zero-order valence-electron chi connectivity index (χ0n) is 9.12. The molecule has 0 unspecified atom stereocenters. The van der Waals surface area contributed by atoms with Gasteiger partial charge in [-0.15, -0.1) is 0 Å². The first-order valence-corrected chi connectivity index (χ1v) is 5.13. The third-order valence-electron chi connectivity index (χ3n) is 1.96. The van der Waals surface area contributed by atoms with E-state index in [1.807, 2.05) is 51.1 Å². The van der Waals surface area contributed by atoms with E-state index in [0.29, 0.717) is 5.71 Å². The first-order valence-electron chi connectivity index (χ1n) is 4.75. The summed E-state index contributed by atoms with van der Waals surface area (Å²) in [7, 11) is 0. The van der Waals surface area contributed by atoms with Gasteiger partial charge >= 0.3 is 5.37 Å². The Morgan fingerprint density at radius 2 is 1.73 bits per heavy atom. The van der Waals surface area contributed by atoms with E-state index in [2.05, 4.69) is 4.99 Å². The summed E-state index contributed by atoms with van der Waals surface area (Å²) >= 11 is 5.30. The lowest BCUT2D eigenvalue weighted by Crippen LogP contribution is -2.22. The third-order valence-corrected chi connectivity index (χ3v) is 2.04. The van der Waals surface area contributed by atoms with E-state index in [4.69, 9.17) is 11.6 Å². The molecule has 0 fully saturated rings. The van der Waals surface area contributed by atoms with Crippen LogP contribution in [0.3, 0.4) is 0 Å². The number of hydrogen-bond donors (Lipinski definition) is 0. The van der Waals surface area contributed by atoms with Crippen molar-refractivity contribution >= 4 is 22.7 Å². The number of halogens is 1. The molecule has 1 rings (SSSR count). The van der Waals surface area contributed by atoms with Gasteiger partial charge in [0.05, 0.1) is 5.71 Å². The van der Waals surface area contributed by atoms with Gasteiger partial charge in [0, 0.05) is 5.41 Å². The largest absolute Gasteiger partial charge is 0.339 e. The molecule has 0 heterocycles. The molecule has 1 aromatic rings. The maximum Gasteiger partial charge on any atom is 0.339 e. The summed E-state index contributed by atoms with van der Waals surface area (Å²) in [5.41, 5.74) is 1.44. The van der Waals surface area contributed by atoms with Crippen LogP contribution in [0.25, 0.3) is 0 Å². The first kappa shape index (κ1) is 11.9. The van der Waals surface area contributed by atoms with Gasteiger partial charge in [-0.05, 0) is 17.2 Å². The van der Waals surface area contributed by atoms with Crippen molar-refractivity contribution in [2.45, 2.75) is 20.8 Å². The molecule has 0 aromatic heterocycles. The fourth-order valence-corrected chi connectivity index (χ4v) is 1.43. The second-order valence-corrected chi connectivity index (χ2v) is 4.65. The molecule has 0 aliphatic heterocycles. The van der Waals surface area contributed by atoms with E-state index >= 15 is 0 Å². The lowest BCUT2D eigenvalue weighted by atomic mass is 9.85. The molecule has 0 aliphatic rings. The summed E-state index contributed by atoms with van der Waals surface area (Å²) in [6, 6.07) is 9.59. The number of aliphatic imine (C=N–C) groups is 1. The molecule has 3 heteroatoms. The van der Waals surface area contributed by atoms with E-state index in [0.717, 1.165) is 5.56 Å². The Morgan fingerprint density at radius 1 is 1.20 bits per heavy atom. The van der Waals surface area contributed by atoms with Crippen LogP contribution in [0.1, 0.15) is 26.3 Å². The molecule has 0 spiro atoms. The molecule has 1 amide bonds. The van der Waals surface area contributed by atoms with Crippen molar-refractivity contribution in [3.8, 4) is 0 Å². The van der Waals surface area contributed by atoms with Crippen molar-refractivity contribution < 1.29 is 4.79 Å². The van der Waals surface area contributed by atoms with Crippen molar-refractivity contribution in [1.29, 1.82) is 0 Å². The van der Waals surface area contributed by atoms with Gasteiger partial charge < -0.3 is 0 Å². The highest BCUT2D eigenvalue weighted by Crippen LogP contribution is 2.22. The summed E-state index contributed by atoms with van der Waals surface area (Å²) in [6.45, 7) is 6.00. The molecule has 0 bridgehead atoms. The minimum absolute atomic E-state index is 0.202. The Bertz CT molecular complexity index is 376. The van der Waals surface area contributed by atoms with E-state index < -0.39 is 5.37 Å². The number of carbonyl (C=O) groups excluding carboxylic acids is 1. The van der Waals surface area contributed by atoms with Crippen LogP contribution >= 0.6 is 11.6 Å². The van der Waals surface area contributed by atoms with E-state index in [1.54, 1.807) is 0 Å². The summed E-state index contributed by atoms with van der Waals surface area (Å²) in [5.74, 6) is 0. The fourth-order valence-electron chi connectivity index (χ4n) is 1.35. The van der Waals surface area contributed by atoms with Gasteiger partial charge in [-0.25, -0.2) is 4.99 Å². The minimum atomic E-state index is -0.677. The highest BCUT2D eigenvalue weighted by molar-refractivity contribution is 6.64. The van der Waals surface area contributed by atoms with Gasteiger partial charge in [-0.2, -0.15) is 0 Å². The number of benzene rings is 1. The Hall–Kier alpha value is -1.15. The number of carbonyl (C=O) groups is 1. The van der Waals surface area contributed by atoms with Crippen molar-refractivity contribution in [3.05, 3.63) is 35.9 Å². The number of rotatable bonds is 1. The summed E-state index contributed by atoms with van der Waals surface area (Å²) in [6.07, 6.45) is 0. The molecular formula is C12H14ClNO. The highest BCUT2D eigenvalue weighted by Gasteiger charge is 2.21. The Labute approximate surface area is 95.0 Å². The van der Waals surface area contributed by atoms with Crippen LogP contribution in [0.2, 0.25) is 0 Å². The summed E-state index contributed by atoms with van der Waals surface area (Å²) in [5, 5.41) is -0.677. The molecule has 15 heavy (non-hydrogen) atoms. The molecule has 2 nitrogen and oxygen atoms in total. The molecule has 0 radical (unpaired) electrons. The number of amides is 1. The second kappa shape index (κ2) is 4.58. The van der Waals surface area contributed by atoms with Crippen LogP contribution in [0, 0.1) is 5.41 Å². The highest BCUT2D eigenvalue weighted by atomic mass is 35.5. The molecular weight excluding hydrogens is 210 g/mol. The van der Waals surface area contributed by atoms with Crippen molar-refractivity contribution in [2.75, 3.05) is 0 Å². The lowest BCUT2D eigenvalue weighted by molar-refractivity contribution is 0.266. The van der Waals surface area contributed by atoms with Crippen LogP contribution in [0.4, 0.5) is 4.79 Å². The van der Waals surface area contributed by atoms with Gasteiger partial charge in [-0.1, -0.05) is 51.1 Å². The van der Waals surface area contributed by atoms with Gasteiger partial charge in [0.2, 0.25) is 0 Å². The van der Waals surface area contributed by atoms with Gasteiger partial charge in [0.1, 0.15) is 0 Å². The predicted octanol–water partition coefficient (Wildman–Crippen LogP) is 3.88. The predicted molar refractivity (Wildman–Crippen MR) is 63.7 cm³/mol. The normalized spacial score (nSPS) is 12.7. The Balaban J connectivity index is 3.20. The van der Waals surface area contributed by atoms with E-state index in [9.17, 15) is 4.79 Å². The zero-order chi connectivity index (χ0) is 11.5. The number of nitrogens with zero attached hydrogens (tertiary/aromatic N) is 1. The zero-order valence-corrected chi connectivity index (χ0v) is 9.88. The monoisotopic (exact) mass is 223 g/mol. The van der Waals surface area contributed by atoms with Crippen molar-refractivity contribution in [2.24, 2.45) is 10.4 Å². The van der Waals surface area contributed by atoms with Crippen LogP contribution in [-0.2, 0) is 0 Å². The van der Waals surface area contributed by atoms with Crippen LogP contribution in [0.5, 0.6) is 0 Å². The summed E-state index contributed by atoms with van der Waals surface area (Å²) in [4.78, 5) is 14.7. The Morgan fingerprint density at radius 3 is 2.13 bits per heavy atom. The standard InChI is InChI=1S/C12H14ClNO/c1-12(2,3)10(14-11(13)15)9-7-5-4-6-8-9/h4-8H,1-3H3.